The molecule has 2 saturated carbocycles. The molecule has 1 aromatic rings. The van der Waals surface area contributed by atoms with Gasteiger partial charge < -0.3 is 5.32 Å². The maximum Gasteiger partial charge on any atom is 0.0991 e. The van der Waals surface area contributed by atoms with Crippen LogP contribution in [-0.2, 0) is 5.41 Å². The molecule has 0 bridgehead atoms. The smallest absolute Gasteiger partial charge is 0.0991 e. The molecule has 0 aliphatic heterocycles. The first kappa shape index (κ1) is 12.7. The molecule has 0 saturated heterocycles. The third-order valence-electron chi connectivity index (χ3n) is 4.99. The molecule has 19 heavy (non-hydrogen) atoms. The van der Waals surface area contributed by atoms with Gasteiger partial charge in [0.15, 0.2) is 0 Å². The molecule has 100 valence electrons. The van der Waals surface area contributed by atoms with Crippen LogP contribution in [0.4, 0.5) is 0 Å². The monoisotopic (exact) mass is 254 g/mol. The molecule has 1 N–H and O–H groups in total. The van der Waals surface area contributed by atoms with E-state index in [-0.39, 0.29) is 0 Å². The topological polar surface area (TPSA) is 35.8 Å². The second-order valence-corrected chi connectivity index (χ2v) is 6.18. The standard InChI is InChI=1S/C17H22N2/c1-2-8-19-16-6-7-17(11-15(17)10-16)14-5-3-4-13(9-14)12-18/h3-5,9,15-16,19H,2,6-8,10-11H2,1H3/t15-,16+,17+/m0/s1. The molecule has 2 aliphatic carbocycles. The summed E-state index contributed by atoms with van der Waals surface area (Å²) in [5, 5.41) is 12.7. The molecule has 0 heterocycles. The van der Waals surface area contributed by atoms with E-state index in [4.69, 9.17) is 5.26 Å². The van der Waals surface area contributed by atoms with Crippen LogP contribution < -0.4 is 5.32 Å². The summed E-state index contributed by atoms with van der Waals surface area (Å²) in [4.78, 5) is 0. The zero-order valence-corrected chi connectivity index (χ0v) is 11.7. The van der Waals surface area contributed by atoms with Gasteiger partial charge in [-0.1, -0.05) is 19.1 Å². The lowest BCUT2D eigenvalue weighted by atomic mass is 9.80. The SMILES string of the molecule is CCCN[C@@H]1CC[C@]2(c3cccc(C#N)c3)C[C@@H]2C1. The van der Waals surface area contributed by atoms with Crippen molar-refractivity contribution < 1.29 is 0 Å². The number of nitriles is 1. The highest BCUT2D eigenvalue weighted by Crippen LogP contribution is 2.62. The molecule has 3 rings (SSSR count). The van der Waals surface area contributed by atoms with Gasteiger partial charge in [0, 0.05) is 6.04 Å². The molecule has 0 radical (unpaired) electrons. The quantitative estimate of drug-likeness (QED) is 0.894. The summed E-state index contributed by atoms with van der Waals surface area (Å²) in [5.74, 6) is 0.838. The molecule has 0 amide bonds. The van der Waals surface area contributed by atoms with Gasteiger partial charge in [0.25, 0.3) is 0 Å². The molecule has 2 fully saturated rings. The van der Waals surface area contributed by atoms with E-state index in [1.165, 1.54) is 37.7 Å². The zero-order valence-electron chi connectivity index (χ0n) is 11.7. The lowest BCUT2D eigenvalue weighted by Gasteiger charge is -2.29. The molecule has 2 heteroatoms. The highest BCUT2D eigenvalue weighted by molar-refractivity contribution is 5.41. The number of hydrogen-bond acceptors (Lipinski definition) is 2. The first-order valence-electron chi connectivity index (χ1n) is 7.52. The van der Waals surface area contributed by atoms with E-state index in [1.54, 1.807) is 0 Å². The van der Waals surface area contributed by atoms with E-state index in [1.807, 2.05) is 12.1 Å². The number of fused-ring (bicyclic) bond motifs is 1. The molecule has 0 aromatic heterocycles. The van der Waals surface area contributed by atoms with Crippen molar-refractivity contribution in [3.05, 3.63) is 35.4 Å². The van der Waals surface area contributed by atoms with Gasteiger partial charge in [-0.05, 0) is 67.7 Å². The number of nitrogens with one attached hydrogen (secondary N) is 1. The molecule has 0 spiro atoms. The van der Waals surface area contributed by atoms with Gasteiger partial charge in [-0.2, -0.15) is 5.26 Å². The fourth-order valence-corrected chi connectivity index (χ4v) is 3.82. The minimum Gasteiger partial charge on any atom is -0.314 e. The number of rotatable bonds is 4. The van der Waals surface area contributed by atoms with Crippen LogP contribution in [0, 0.1) is 17.2 Å². The molecule has 1 aromatic carbocycles. The second-order valence-electron chi connectivity index (χ2n) is 6.18. The Morgan fingerprint density at radius 1 is 1.47 bits per heavy atom. The van der Waals surface area contributed by atoms with E-state index in [2.05, 4.69) is 30.4 Å². The highest BCUT2D eigenvalue weighted by Gasteiger charge is 2.57. The Kier molecular flexibility index (Phi) is 3.33. The van der Waals surface area contributed by atoms with Crippen molar-refractivity contribution in [2.24, 2.45) is 5.92 Å². The van der Waals surface area contributed by atoms with Crippen molar-refractivity contribution >= 4 is 0 Å². The first-order chi connectivity index (χ1) is 9.28. The second kappa shape index (κ2) is 4.98. The lowest BCUT2D eigenvalue weighted by molar-refractivity contribution is 0.334. The lowest BCUT2D eigenvalue weighted by Crippen LogP contribution is -2.35. The summed E-state index contributed by atoms with van der Waals surface area (Å²) >= 11 is 0. The van der Waals surface area contributed by atoms with Crippen molar-refractivity contribution in [2.75, 3.05) is 6.54 Å². The fourth-order valence-electron chi connectivity index (χ4n) is 3.82. The van der Waals surface area contributed by atoms with Crippen LogP contribution in [0.5, 0.6) is 0 Å². The van der Waals surface area contributed by atoms with Crippen LogP contribution in [0.1, 0.15) is 50.2 Å². The largest absolute Gasteiger partial charge is 0.314 e. The average Bonchev–Trinajstić information content (AvgIpc) is 3.20. The predicted molar refractivity (Wildman–Crippen MR) is 76.9 cm³/mol. The maximum absolute atomic E-state index is 9.04. The van der Waals surface area contributed by atoms with Crippen LogP contribution in [0.25, 0.3) is 0 Å². The van der Waals surface area contributed by atoms with Crippen molar-refractivity contribution in [2.45, 2.75) is 50.5 Å². The predicted octanol–water partition coefficient (Wildman–Crippen LogP) is 3.37. The van der Waals surface area contributed by atoms with E-state index >= 15 is 0 Å². The molecule has 2 aliphatic rings. The number of hydrogen-bond donors (Lipinski definition) is 1. The minimum absolute atomic E-state index is 0.414. The Bertz CT molecular complexity index is 502. The van der Waals surface area contributed by atoms with Crippen LogP contribution in [-0.4, -0.2) is 12.6 Å². The van der Waals surface area contributed by atoms with Gasteiger partial charge in [-0.15, -0.1) is 0 Å². The van der Waals surface area contributed by atoms with Crippen molar-refractivity contribution in [1.29, 1.82) is 5.26 Å². The summed E-state index contributed by atoms with van der Waals surface area (Å²) in [6.45, 7) is 3.37. The summed E-state index contributed by atoms with van der Waals surface area (Å²) in [5.41, 5.74) is 2.63. The van der Waals surface area contributed by atoms with Gasteiger partial charge in [0.1, 0.15) is 0 Å². The summed E-state index contributed by atoms with van der Waals surface area (Å²) in [7, 11) is 0. The van der Waals surface area contributed by atoms with Crippen molar-refractivity contribution in [1.82, 2.24) is 5.32 Å². The van der Waals surface area contributed by atoms with Crippen LogP contribution in [0.15, 0.2) is 24.3 Å². The fraction of sp³-hybridized carbons (Fsp3) is 0.588. The summed E-state index contributed by atoms with van der Waals surface area (Å²) in [6.07, 6.45) is 6.43. The average molecular weight is 254 g/mol. The van der Waals surface area contributed by atoms with Gasteiger partial charge in [-0.25, -0.2) is 0 Å². The van der Waals surface area contributed by atoms with E-state index < -0.39 is 0 Å². The Balaban J connectivity index is 1.70. The normalized spacial score (nSPS) is 32.4. The van der Waals surface area contributed by atoms with E-state index in [0.29, 0.717) is 5.41 Å². The number of benzene rings is 1. The Morgan fingerprint density at radius 2 is 2.37 bits per heavy atom. The first-order valence-corrected chi connectivity index (χ1v) is 7.52. The summed E-state index contributed by atoms with van der Waals surface area (Å²) in [6, 6.07) is 11.3. The molecule has 3 atom stereocenters. The molecular formula is C17H22N2. The van der Waals surface area contributed by atoms with Gasteiger partial charge >= 0.3 is 0 Å². The summed E-state index contributed by atoms with van der Waals surface area (Å²) < 4.78 is 0. The molecular weight excluding hydrogens is 232 g/mol. The minimum atomic E-state index is 0.414. The van der Waals surface area contributed by atoms with Crippen molar-refractivity contribution in [3.8, 4) is 6.07 Å². The van der Waals surface area contributed by atoms with Gasteiger partial charge in [0.05, 0.1) is 11.6 Å². The third kappa shape index (κ3) is 2.28. The maximum atomic E-state index is 9.04. The third-order valence-corrected chi connectivity index (χ3v) is 4.99. The van der Waals surface area contributed by atoms with Crippen molar-refractivity contribution in [3.63, 3.8) is 0 Å². The Morgan fingerprint density at radius 3 is 3.11 bits per heavy atom. The van der Waals surface area contributed by atoms with Crippen LogP contribution >= 0.6 is 0 Å². The van der Waals surface area contributed by atoms with Crippen LogP contribution in [0.2, 0.25) is 0 Å². The van der Waals surface area contributed by atoms with E-state index in [9.17, 15) is 0 Å². The Hall–Kier alpha value is -1.33. The molecule has 2 nitrogen and oxygen atoms in total. The Labute approximate surface area is 115 Å². The number of nitrogens with zero attached hydrogens (tertiary/aromatic N) is 1. The highest BCUT2D eigenvalue weighted by atomic mass is 14.9. The molecule has 0 unspecified atom stereocenters. The van der Waals surface area contributed by atoms with Gasteiger partial charge in [-0.3, -0.25) is 0 Å². The van der Waals surface area contributed by atoms with Gasteiger partial charge in [0.2, 0.25) is 0 Å². The van der Waals surface area contributed by atoms with Crippen LogP contribution in [0.3, 0.4) is 0 Å². The zero-order chi connectivity index (χ0) is 13.3. The van der Waals surface area contributed by atoms with E-state index in [0.717, 1.165) is 24.1 Å².